The number of carboxylic acid groups (broad SMARTS) is 2. The molecule has 0 saturated carbocycles. The van der Waals surface area contributed by atoms with Crippen molar-refractivity contribution in [3.05, 3.63) is 107 Å². The van der Waals surface area contributed by atoms with E-state index in [9.17, 15) is 24.2 Å². The summed E-state index contributed by atoms with van der Waals surface area (Å²) in [5, 5.41) is 22.3. The van der Waals surface area contributed by atoms with Crippen molar-refractivity contribution in [2.45, 2.75) is 12.1 Å². The summed E-state index contributed by atoms with van der Waals surface area (Å²) in [4.78, 5) is 29.1. The van der Waals surface area contributed by atoms with Gasteiger partial charge in [-0.2, -0.15) is 0 Å². The fourth-order valence-corrected chi connectivity index (χ4v) is 4.57. The molecule has 36 heavy (non-hydrogen) atoms. The molecule has 1 fully saturated rings. The molecule has 0 unspecified atom stereocenters. The molecule has 0 bridgehead atoms. The van der Waals surface area contributed by atoms with Crippen LogP contribution in [0.5, 0.6) is 0 Å². The van der Waals surface area contributed by atoms with E-state index in [0.29, 0.717) is 11.5 Å². The summed E-state index contributed by atoms with van der Waals surface area (Å²) >= 11 is 5.58. The summed E-state index contributed by atoms with van der Waals surface area (Å²) in [7, 11) is 0. The Bertz CT molecular complexity index is 1460. The van der Waals surface area contributed by atoms with Crippen LogP contribution in [0.2, 0.25) is 0 Å². The largest absolute Gasteiger partial charge is 0.478 e. The lowest BCUT2D eigenvalue weighted by molar-refractivity contribution is 0.0696. The fraction of sp³-hybridized carbons (Fsp3) is 0.0769. The van der Waals surface area contributed by atoms with Crippen LogP contribution in [0.1, 0.15) is 44.3 Å². The van der Waals surface area contributed by atoms with Crippen molar-refractivity contribution in [1.29, 1.82) is 0 Å². The number of anilines is 1. The van der Waals surface area contributed by atoms with Crippen LogP contribution < -0.4 is 10.2 Å². The van der Waals surface area contributed by atoms with Gasteiger partial charge in [-0.15, -0.1) is 0 Å². The molecule has 0 radical (unpaired) electrons. The number of rotatable bonds is 6. The molecule has 10 heteroatoms. The van der Waals surface area contributed by atoms with Gasteiger partial charge in [0.25, 0.3) is 0 Å². The summed E-state index contributed by atoms with van der Waals surface area (Å²) < 4.78 is 21.0. The van der Waals surface area contributed by atoms with Crippen molar-refractivity contribution in [3.8, 4) is 11.3 Å². The monoisotopic (exact) mass is 503 g/mol. The van der Waals surface area contributed by atoms with E-state index >= 15 is 0 Å². The smallest absolute Gasteiger partial charge is 0.335 e. The first kappa shape index (κ1) is 23.2. The normalized spacial score (nSPS) is 17.1. The van der Waals surface area contributed by atoms with Crippen LogP contribution in [0, 0.1) is 5.82 Å². The van der Waals surface area contributed by atoms with E-state index in [4.69, 9.17) is 16.6 Å². The molecule has 5 rings (SSSR count). The van der Waals surface area contributed by atoms with E-state index in [2.05, 4.69) is 10.3 Å². The first-order valence-corrected chi connectivity index (χ1v) is 11.2. The van der Waals surface area contributed by atoms with Gasteiger partial charge in [0, 0.05) is 11.8 Å². The number of nitrogens with one attached hydrogen (secondary N) is 1. The van der Waals surface area contributed by atoms with Gasteiger partial charge < -0.3 is 24.8 Å². The highest BCUT2D eigenvalue weighted by atomic mass is 32.1. The zero-order valence-electron chi connectivity index (χ0n) is 18.5. The third kappa shape index (κ3) is 4.18. The van der Waals surface area contributed by atoms with Crippen LogP contribution in [-0.4, -0.2) is 32.2 Å². The van der Waals surface area contributed by atoms with Crippen LogP contribution in [0.3, 0.4) is 0 Å². The first-order chi connectivity index (χ1) is 17.3. The number of aromatic carboxylic acids is 2. The van der Waals surface area contributed by atoms with E-state index < -0.39 is 29.8 Å². The molecule has 1 aliphatic heterocycles. The van der Waals surface area contributed by atoms with Gasteiger partial charge in [0.2, 0.25) is 0 Å². The minimum atomic E-state index is -1.27. The SMILES string of the molecule is O=C(O)c1cc(C(=O)O)cc(-c2ccc([C@@H]3[C@@H](c4ccccn4)NC(=S)N3c3ccccc3F)o2)c1. The zero-order valence-corrected chi connectivity index (χ0v) is 19.3. The van der Waals surface area contributed by atoms with E-state index in [0.717, 1.165) is 6.07 Å². The number of thiocarbonyl (C=S) groups is 1. The van der Waals surface area contributed by atoms with E-state index in [-0.39, 0.29) is 33.3 Å². The van der Waals surface area contributed by atoms with Gasteiger partial charge >= 0.3 is 11.9 Å². The molecule has 1 saturated heterocycles. The van der Waals surface area contributed by atoms with Gasteiger partial charge in [-0.05, 0) is 66.8 Å². The Kier molecular flexibility index (Phi) is 5.95. The van der Waals surface area contributed by atoms with Gasteiger partial charge in [0.15, 0.2) is 5.11 Å². The summed E-state index contributed by atoms with van der Waals surface area (Å²) in [6, 6.07) is 17.5. The minimum Gasteiger partial charge on any atom is -0.478 e. The minimum absolute atomic E-state index is 0.189. The number of hydrogen-bond donors (Lipinski definition) is 3. The topological polar surface area (TPSA) is 116 Å². The van der Waals surface area contributed by atoms with Crippen molar-refractivity contribution >= 4 is 35.0 Å². The molecular weight excluding hydrogens is 485 g/mol. The van der Waals surface area contributed by atoms with Crippen LogP contribution in [-0.2, 0) is 0 Å². The molecule has 180 valence electrons. The number of halogens is 1. The number of aromatic nitrogens is 1. The maximum atomic E-state index is 14.9. The number of furan rings is 1. The molecule has 2 atom stereocenters. The maximum absolute atomic E-state index is 14.9. The molecular formula is C26H18FN3O5S. The molecule has 0 amide bonds. The molecule has 3 heterocycles. The summed E-state index contributed by atoms with van der Waals surface area (Å²) in [5.41, 5.74) is 0.802. The molecule has 4 aromatic rings. The van der Waals surface area contributed by atoms with Gasteiger partial charge in [-0.1, -0.05) is 18.2 Å². The molecule has 1 aliphatic rings. The Labute approximate surface area is 209 Å². The molecule has 0 aliphatic carbocycles. The van der Waals surface area contributed by atoms with Crippen molar-refractivity contribution in [2.24, 2.45) is 0 Å². The van der Waals surface area contributed by atoms with Crippen LogP contribution in [0.15, 0.2) is 83.4 Å². The van der Waals surface area contributed by atoms with Crippen molar-refractivity contribution in [2.75, 3.05) is 4.90 Å². The number of hydrogen-bond acceptors (Lipinski definition) is 5. The second-order valence-electron chi connectivity index (χ2n) is 8.06. The lowest BCUT2D eigenvalue weighted by Crippen LogP contribution is -2.30. The van der Waals surface area contributed by atoms with Crippen molar-refractivity contribution in [3.63, 3.8) is 0 Å². The highest BCUT2D eigenvalue weighted by molar-refractivity contribution is 7.80. The predicted octanol–water partition coefficient (Wildman–Crippen LogP) is 5.05. The third-order valence-corrected chi connectivity index (χ3v) is 6.15. The molecule has 0 spiro atoms. The molecule has 3 N–H and O–H groups in total. The second-order valence-corrected chi connectivity index (χ2v) is 8.45. The van der Waals surface area contributed by atoms with Crippen molar-refractivity contribution in [1.82, 2.24) is 10.3 Å². The summed E-state index contributed by atoms with van der Waals surface area (Å²) in [5.74, 6) is -2.36. The Morgan fingerprint density at radius 3 is 2.31 bits per heavy atom. The number of pyridine rings is 1. The number of nitrogens with zero attached hydrogens (tertiary/aromatic N) is 2. The average Bonchev–Trinajstić information content (AvgIpc) is 3.49. The van der Waals surface area contributed by atoms with Gasteiger partial charge in [-0.25, -0.2) is 14.0 Å². The molecule has 2 aromatic heterocycles. The Hall–Kier alpha value is -4.57. The van der Waals surface area contributed by atoms with Crippen LogP contribution in [0.4, 0.5) is 10.1 Å². The number of para-hydroxylation sites is 1. The second kappa shape index (κ2) is 9.23. The van der Waals surface area contributed by atoms with E-state index in [1.165, 1.54) is 18.2 Å². The van der Waals surface area contributed by atoms with Crippen LogP contribution in [0.25, 0.3) is 11.3 Å². The molecule has 8 nitrogen and oxygen atoms in total. The quantitative estimate of drug-likeness (QED) is 0.311. The van der Waals surface area contributed by atoms with Crippen molar-refractivity contribution < 1.29 is 28.6 Å². The van der Waals surface area contributed by atoms with Crippen LogP contribution >= 0.6 is 12.2 Å². The fourth-order valence-electron chi connectivity index (χ4n) is 4.23. The van der Waals surface area contributed by atoms with E-state index in [1.807, 2.05) is 12.1 Å². The predicted molar refractivity (Wildman–Crippen MR) is 132 cm³/mol. The van der Waals surface area contributed by atoms with Gasteiger partial charge in [0.1, 0.15) is 23.4 Å². The first-order valence-electron chi connectivity index (χ1n) is 10.8. The lowest BCUT2D eigenvalue weighted by Gasteiger charge is -2.26. The number of carbonyl (C=O) groups is 2. The third-order valence-electron chi connectivity index (χ3n) is 5.84. The zero-order chi connectivity index (χ0) is 25.4. The molecule has 2 aromatic carbocycles. The average molecular weight is 504 g/mol. The standard InChI is InChI=1S/C26H18FN3O5S/c27-17-5-1-2-7-19(17)30-23(22(29-26(30)36)18-6-3-4-10-28-18)21-9-8-20(35-21)14-11-15(24(31)32)13-16(12-14)25(33)34/h1-13,22-23H,(H,29,36)(H,31,32)(H,33,34)/t22-,23-/m1/s1. The number of benzene rings is 2. The Morgan fingerprint density at radius 1 is 0.972 bits per heavy atom. The number of carboxylic acids is 2. The Balaban J connectivity index is 1.63. The highest BCUT2D eigenvalue weighted by Gasteiger charge is 2.43. The summed E-state index contributed by atoms with van der Waals surface area (Å²) in [6.45, 7) is 0. The maximum Gasteiger partial charge on any atom is 0.335 e. The van der Waals surface area contributed by atoms with Gasteiger partial charge in [0.05, 0.1) is 28.6 Å². The van der Waals surface area contributed by atoms with E-state index in [1.54, 1.807) is 47.5 Å². The Morgan fingerprint density at radius 2 is 1.67 bits per heavy atom. The lowest BCUT2D eigenvalue weighted by atomic mass is 10.0. The highest BCUT2D eigenvalue weighted by Crippen LogP contribution is 2.43. The van der Waals surface area contributed by atoms with Gasteiger partial charge in [-0.3, -0.25) is 4.98 Å². The summed E-state index contributed by atoms with van der Waals surface area (Å²) in [6.07, 6.45) is 1.64.